The van der Waals surface area contributed by atoms with E-state index in [4.69, 9.17) is 0 Å². The summed E-state index contributed by atoms with van der Waals surface area (Å²) in [6, 6.07) is 0. The molecule has 1 fully saturated rings. The zero-order valence-electron chi connectivity index (χ0n) is 10.8. The van der Waals surface area contributed by atoms with E-state index in [0.717, 1.165) is 25.9 Å². The number of rotatable bonds is 3. The zero-order chi connectivity index (χ0) is 12.3. The molecule has 0 aromatic heterocycles. The van der Waals surface area contributed by atoms with E-state index in [9.17, 15) is 9.90 Å². The number of piperidine rings is 1. The molecule has 1 aliphatic rings. The van der Waals surface area contributed by atoms with Crippen molar-refractivity contribution in [2.45, 2.75) is 45.3 Å². The number of aliphatic hydroxyl groups excluding tert-OH is 1. The Morgan fingerprint density at radius 1 is 1.44 bits per heavy atom. The fraction of sp³-hybridized carbons (Fsp3) is 0.917. The predicted octanol–water partition coefficient (Wildman–Crippen LogP) is 0.604. The van der Waals surface area contributed by atoms with E-state index < -0.39 is 5.54 Å². The van der Waals surface area contributed by atoms with Crippen LogP contribution >= 0.6 is 0 Å². The lowest BCUT2D eigenvalue weighted by Gasteiger charge is -2.37. The van der Waals surface area contributed by atoms with Gasteiger partial charge in [-0.1, -0.05) is 0 Å². The summed E-state index contributed by atoms with van der Waals surface area (Å²) in [5, 5.41) is 12.5. The lowest BCUT2D eigenvalue weighted by molar-refractivity contribution is -0.138. The van der Waals surface area contributed by atoms with Crippen molar-refractivity contribution in [2.24, 2.45) is 5.92 Å². The number of hydrogen-bond acceptors (Lipinski definition) is 3. The maximum Gasteiger partial charge on any atom is 0.242 e. The van der Waals surface area contributed by atoms with Crippen LogP contribution in [0.15, 0.2) is 0 Å². The predicted molar refractivity (Wildman–Crippen MR) is 64.1 cm³/mol. The van der Waals surface area contributed by atoms with Crippen LogP contribution in [0.3, 0.4) is 0 Å². The van der Waals surface area contributed by atoms with Gasteiger partial charge in [-0.3, -0.25) is 4.79 Å². The van der Waals surface area contributed by atoms with Crippen molar-refractivity contribution >= 4 is 5.91 Å². The molecule has 1 atom stereocenters. The van der Waals surface area contributed by atoms with Crippen LogP contribution in [-0.2, 0) is 4.79 Å². The van der Waals surface area contributed by atoms with Crippen molar-refractivity contribution in [2.75, 3.05) is 20.1 Å². The smallest absolute Gasteiger partial charge is 0.242 e. The number of carbonyl (C=O) groups is 1. The van der Waals surface area contributed by atoms with Crippen LogP contribution < -0.4 is 5.32 Å². The van der Waals surface area contributed by atoms with Gasteiger partial charge in [0.05, 0.1) is 11.6 Å². The summed E-state index contributed by atoms with van der Waals surface area (Å²) in [6.07, 6.45) is 1.56. The number of likely N-dealkylation sites (tertiary alicyclic amines) is 1. The first-order valence-electron chi connectivity index (χ1n) is 6.05. The Balaban J connectivity index is 2.51. The van der Waals surface area contributed by atoms with E-state index in [-0.39, 0.29) is 12.0 Å². The standard InChI is InChI=1S/C12H24N2O2/c1-9(15)10-5-7-14(8-6-10)11(16)12(2,3)13-4/h9-10,13,15H,5-8H2,1-4H3. The van der Waals surface area contributed by atoms with Gasteiger partial charge in [0, 0.05) is 13.1 Å². The van der Waals surface area contributed by atoms with E-state index in [0.29, 0.717) is 5.92 Å². The maximum absolute atomic E-state index is 12.1. The number of carbonyl (C=O) groups excluding carboxylic acids is 1. The molecule has 16 heavy (non-hydrogen) atoms. The number of likely N-dealkylation sites (N-methyl/N-ethyl adjacent to an activating group) is 1. The number of aliphatic hydroxyl groups is 1. The molecule has 4 nitrogen and oxygen atoms in total. The van der Waals surface area contributed by atoms with Gasteiger partial charge in [0.2, 0.25) is 5.91 Å². The van der Waals surface area contributed by atoms with Gasteiger partial charge in [-0.15, -0.1) is 0 Å². The average molecular weight is 228 g/mol. The van der Waals surface area contributed by atoms with E-state index in [1.807, 2.05) is 25.7 Å². The summed E-state index contributed by atoms with van der Waals surface area (Å²) in [4.78, 5) is 14.0. The SMILES string of the molecule is CNC(C)(C)C(=O)N1CCC(C(C)O)CC1. The fourth-order valence-electron chi connectivity index (χ4n) is 2.09. The molecule has 0 aliphatic carbocycles. The van der Waals surface area contributed by atoms with Crippen LogP contribution in [0.4, 0.5) is 0 Å². The van der Waals surface area contributed by atoms with Crippen molar-refractivity contribution in [1.29, 1.82) is 0 Å². The van der Waals surface area contributed by atoms with Gasteiger partial charge in [-0.05, 0) is 46.6 Å². The molecule has 2 N–H and O–H groups in total. The summed E-state index contributed by atoms with van der Waals surface area (Å²) >= 11 is 0. The van der Waals surface area contributed by atoms with Gasteiger partial charge >= 0.3 is 0 Å². The zero-order valence-corrected chi connectivity index (χ0v) is 10.8. The maximum atomic E-state index is 12.1. The van der Waals surface area contributed by atoms with Gasteiger partial charge in [0.15, 0.2) is 0 Å². The Kier molecular flexibility index (Phi) is 4.33. The fourth-order valence-corrected chi connectivity index (χ4v) is 2.09. The molecule has 0 bridgehead atoms. The first-order valence-corrected chi connectivity index (χ1v) is 6.05. The van der Waals surface area contributed by atoms with Crippen LogP contribution in [0, 0.1) is 5.92 Å². The number of nitrogens with zero attached hydrogens (tertiary/aromatic N) is 1. The Bertz CT molecular complexity index is 243. The molecule has 1 saturated heterocycles. The molecule has 0 aromatic carbocycles. The second-order valence-electron chi connectivity index (χ2n) is 5.25. The number of hydrogen-bond donors (Lipinski definition) is 2. The van der Waals surface area contributed by atoms with Gasteiger partial charge in [-0.25, -0.2) is 0 Å². The van der Waals surface area contributed by atoms with Crippen molar-refractivity contribution in [1.82, 2.24) is 10.2 Å². The summed E-state index contributed by atoms with van der Waals surface area (Å²) < 4.78 is 0. The van der Waals surface area contributed by atoms with Crippen molar-refractivity contribution in [3.63, 3.8) is 0 Å². The lowest BCUT2D eigenvalue weighted by atomic mass is 9.91. The molecular formula is C12H24N2O2. The van der Waals surface area contributed by atoms with E-state index in [2.05, 4.69) is 5.32 Å². The first kappa shape index (κ1) is 13.5. The molecular weight excluding hydrogens is 204 g/mol. The molecule has 0 spiro atoms. The van der Waals surface area contributed by atoms with Crippen LogP contribution in [0.2, 0.25) is 0 Å². The van der Waals surface area contributed by atoms with E-state index in [1.54, 1.807) is 7.05 Å². The molecule has 1 heterocycles. The van der Waals surface area contributed by atoms with Crippen LogP contribution in [0.1, 0.15) is 33.6 Å². The summed E-state index contributed by atoms with van der Waals surface area (Å²) in [5.74, 6) is 0.501. The topological polar surface area (TPSA) is 52.6 Å². The summed E-state index contributed by atoms with van der Waals surface area (Å²) in [5.41, 5.74) is -0.488. The average Bonchev–Trinajstić information content (AvgIpc) is 2.28. The second-order valence-corrected chi connectivity index (χ2v) is 5.25. The monoisotopic (exact) mass is 228 g/mol. The summed E-state index contributed by atoms with van der Waals surface area (Å²) in [6.45, 7) is 7.16. The summed E-state index contributed by atoms with van der Waals surface area (Å²) in [7, 11) is 1.81. The Hall–Kier alpha value is -0.610. The van der Waals surface area contributed by atoms with E-state index in [1.165, 1.54) is 0 Å². The second kappa shape index (κ2) is 5.15. The van der Waals surface area contributed by atoms with E-state index >= 15 is 0 Å². The van der Waals surface area contributed by atoms with Crippen molar-refractivity contribution < 1.29 is 9.90 Å². The molecule has 94 valence electrons. The largest absolute Gasteiger partial charge is 0.393 e. The van der Waals surface area contributed by atoms with Gasteiger partial charge in [0.25, 0.3) is 0 Å². The lowest BCUT2D eigenvalue weighted by Crippen LogP contribution is -2.54. The van der Waals surface area contributed by atoms with Gasteiger partial charge < -0.3 is 15.3 Å². The van der Waals surface area contributed by atoms with Crippen LogP contribution in [0.25, 0.3) is 0 Å². The molecule has 1 aliphatic heterocycles. The quantitative estimate of drug-likeness (QED) is 0.744. The highest BCUT2D eigenvalue weighted by Crippen LogP contribution is 2.22. The number of nitrogens with one attached hydrogen (secondary N) is 1. The molecule has 0 saturated carbocycles. The molecule has 4 heteroatoms. The third-order valence-electron chi connectivity index (χ3n) is 3.67. The molecule has 0 aromatic rings. The Labute approximate surface area is 98.0 Å². The Morgan fingerprint density at radius 3 is 2.31 bits per heavy atom. The van der Waals surface area contributed by atoms with Gasteiger partial charge in [-0.2, -0.15) is 0 Å². The highest BCUT2D eigenvalue weighted by atomic mass is 16.3. The van der Waals surface area contributed by atoms with Crippen LogP contribution in [0.5, 0.6) is 0 Å². The highest BCUT2D eigenvalue weighted by Gasteiger charge is 2.33. The number of amides is 1. The minimum atomic E-state index is -0.488. The third-order valence-corrected chi connectivity index (χ3v) is 3.67. The Morgan fingerprint density at radius 2 is 1.94 bits per heavy atom. The van der Waals surface area contributed by atoms with Crippen LogP contribution in [-0.4, -0.2) is 47.7 Å². The van der Waals surface area contributed by atoms with Gasteiger partial charge in [0.1, 0.15) is 0 Å². The van der Waals surface area contributed by atoms with Crippen molar-refractivity contribution in [3.05, 3.63) is 0 Å². The molecule has 1 amide bonds. The normalized spacial score (nSPS) is 20.9. The highest BCUT2D eigenvalue weighted by molar-refractivity contribution is 5.85. The minimum absolute atomic E-state index is 0.152. The van der Waals surface area contributed by atoms with Crippen molar-refractivity contribution in [3.8, 4) is 0 Å². The third kappa shape index (κ3) is 2.95. The first-order chi connectivity index (χ1) is 7.38. The molecule has 0 radical (unpaired) electrons. The minimum Gasteiger partial charge on any atom is -0.393 e. The molecule has 1 rings (SSSR count). The molecule has 1 unspecified atom stereocenters.